The second kappa shape index (κ2) is 9.82. The molecule has 0 amide bonds. The predicted octanol–water partition coefficient (Wildman–Crippen LogP) is 3.87. The molecule has 31 heavy (non-hydrogen) atoms. The third-order valence-corrected chi connectivity index (χ3v) is 5.77. The minimum absolute atomic E-state index is 0.0166. The number of piperidine rings is 1. The largest absolute Gasteiger partial charge is 0.497 e. The summed E-state index contributed by atoms with van der Waals surface area (Å²) in [6.07, 6.45) is 1.78. The fourth-order valence-electron chi connectivity index (χ4n) is 3.85. The molecule has 1 aromatic carbocycles. The molecule has 2 heterocycles. The summed E-state index contributed by atoms with van der Waals surface area (Å²) in [6.45, 7) is 4.73. The molecule has 168 valence electrons. The van der Waals surface area contributed by atoms with Crippen molar-refractivity contribution in [3.63, 3.8) is 0 Å². The van der Waals surface area contributed by atoms with Crippen molar-refractivity contribution in [2.75, 3.05) is 51.2 Å². The molecule has 1 aromatic heterocycles. The third-order valence-electron chi connectivity index (χ3n) is 5.77. The van der Waals surface area contributed by atoms with Crippen LogP contribution in [0, 0.1) is 15.5 Å². The van der Waals surface area contributed by atoms with E-state index in [0.29, 0.717) is 49.4 Å². The van der Waals surface area contributed by atoms with Gasteiger partial charge >= 0.3 is 5.69 Å². The number of methoxy groups -OCH3 is 3. The van der Waals surface area contributed by atoms with E-state index in [4.69, 9.17) is 14.2 Å². The molecule has 1 fully saturated rings. The van der Waals surface area contributed by atoms with Crippen LogP contribution in [0.4, 0.5) is 17.3 Å². The molecule has 2 aromatic rings. The van der Waals surface area contributed by atoms with E-state index in [2.05, 4.69) is 17.2 Å². The Morgan fingerprint density at radius 2 is 1.90 bits per heavy atom. The van der Waals surface area contributed by atoms with E-state index < -0.39 is 0 Å². The van der Waals surface area contributed by atoms with Gasteiger partial charge in [-0.2, -0.15) is 0 Å². The minimum atomic E-state index is -0.373. The predicted molar refractivity (Wildman–Crippen MR) is 119 cm³/mol. The van der Waals surface area contributed by atoms with Gasteiger partial charge in [0.2, 0.25) is 5.82 Å². The number of nitro groups is 1. The van der Waals surface area contributed by atoms with Gasteiger partial charge in [-0.25, -0.2) is 4.98 Å². The van der Waals surface area contributed by atoms with E-state index in [-0.39, 0.29) is 16.0 Å². The lowest BCUT2D eigenvalue weighted by molar-refractivity contribution is -0.384. The number of hydrogen-bond acceptors (Lipinski definition) is 8. The fourth-order valence-corrected chi connectivity index (χ4v) is 3.85. The highest BCUT2D eigenvalue weighted by Gasteiger charge is 2.33. The Morgan fingerprint density at radius 3 is 2.52 bits per heavy atom. The van der Waals surface area contributed by atoms with Crippen LogP contribution in [0.15, 0.2) is 30.3 Å². The molecule has 0 radical (unpaired) electrons. The van der Waals surface area contributed by atoms with Crippen molar-refractivity contribution in [2.24, 2.45) is 5.41 Å². The first-order valence-corrected chi connectivity index (χ1v) is 10.2. The second-order valence-electron chi connectivity index (χ2n) is 8.06. The Morgan fingerprint density at radius 1 is 1.16 bits per heavy atom. The monoisotopic (exact) mass is 430 g/mol. The molecule has 0 unspecified atom stereocenters. The van der Waals surface area contributed by atoms with Gasteiger partial charge < -0.3 is 24.4 Å². The lowest BCUT2D eigenvalue weighted by atomic mass is 9.81. The number of ether oxygens (including phenoxy) is 3. The van der Waals surface area contributed by atoms with Crippen LogP contribution in [-0.2, 0) is 11.3 Å². The van der Waals surface area contributed by atoms with Gasteiger partial charge in [0.05, 0.1) is 25.7 Å². The van der Waals surface area contributed by atoms with Gasteiger partial charge in [0.15, 0.2) is 0 Å². The highest BCUT2D eigenvalue weighted by atomic mass is 16.6. The molecule has 1 aliphatic heterocycles. The summed E-state index contributed by atoms with van der Waals surface area (Å²) < 4.78 is 16.0. The average Bonchev–Trinajstić information content (AvgIpc) is 2.77. The van der Waals surface area contributed by atoms with Crippen LogP contribution < -0.4 is 19.7 Å². The van der Waals surface area contributed by atoms with Gasteiger partial charge in [-0.15, -0.1) is 0 Å². The molecule has 9 heteroatoms. The lowest BCUT2D eigenvalue weighted by Crippen LogP contribution is -2.41. The highest BCUT2D eigenvalue weighted by molar-refractivity contribution is 5.62. The molecule has 1 N–H and O–H groups in total. The Kier molecular flexibility index (Phi) is 7.17. The maximum atomic E-state index is 11.6. The molecule has 1 saturated heterocycles. The number of hydrogen-bond donors (Lipinski definition) is 1. The molecule has 0 bridgehead atoms. The minimum Gasteiger partial charge on any atom is -0.497 e. The number of nitrogens with zero attached hydrogens (tertiary/aromatic N) is 3. The first kappa shape index (κ1) is 22.6. The van der Waals surface area contributed by atoms with Crippen molar-refractivity contribution in [2.45, 2.75) is 26.3 Å². The normalized spacial score (nSPS) is 15.4. The smallest absolute Gasteiger partial charge is 0.311 e. The number of nitrogens with one attached hydrogen (secondary N) is 1. The van der Waals surface area contributed by atoms with Crippen LogP contribution in [0.2, 0.25) is 0 Å². The molecule has 1 aliphatic rings. The standard InChI is InChI=1S/C22H30N4O5/c1-22(15-29-2)9-11-25(12-10-22)21-18(26(27)28)7-8-20(24-21)23-14-16-5-6-17(30-3)13-19(16)31-4/h5-8,13H,9-12,14-15H2,1-4H3,(H,23,24). The Hall–Kier alpha value is -3.07. The van der Waals surface area contributed by atoms with E-state index >= 15 is 0 Å². The first-order chi connectivity index (χ1) is 14.9. The molecule has 0 spiro atoms. The zero-order valence-corrected chi connectivity index (χ0v) is 18.5. The number of benzene rings is 1. The van der Waals surface area contributed by atoms with Gasteiger partial charge in [-0.05, 0) is 36.5 Å². The van der Waals surface area contributed by atoms with Crippen molar-refractivity contribution in [1.82, 2.24) is 4.98 Å². The Bertz CT molecular complexity index is 913. The first-order valence-electron chi connectivity index (χ1n) is 10.2. The molecular weight excluding hydrogens is 400 g/mol. The summed E-state index contributed by atoms with van der Waals surface area (Å²) in [7, 11) is 4.92. The summed E-state index contributed by atoms with van der Waals surface area (Å²) >= 11 is 0. The van der Waals surface area contributed by atoms with Crippen LogP contribution in [0.3, 0.4) is 0 Å². The highest BCUT2D eigenvalue weighted by Crippen LogP contribution is 2.36. The average molecular weight is 431 g/mol. The van der Waals surface area contributed by atoms with E-state index in [1.807, 2.05) is 23.1 Å². The molecule has 3 rings (SSSR count). The summed E-state index contributed by atoms with van der Waals surface area (Å²) in [6, 6.07) is 8.74. The Labute approximate surface area is 182 Å². The van der Waals surface area contributed by atoms with Crippen molar-refractivity contribution >= 4 is 17.3 Å². The van der Waals surface area contributed by atoms with E-state index in [0.717, 1.165) is 18.4 Å². The van der Waals surface area contributed by atoms with Crippen LogP contribution in [-0.4, -0.2) is 50.9 Å². The van der Waals surface area contributed by atoms with Gasteiger partial charge in [0, 0.05) is 44.4 Å². The quantitative estimate of drug-likeness (QED) is 0.473. The van der Waals surface area contributed by atoms with Crippen molar-refractivity contribution in [1.29, 1.82) is 0 Å². The van der Waals surface area contributed by atoms with Crippen LogP contribution in [0.1, 0.15) is 25.3 Å². The number of aromatic nitrogens is 1. The van der Waals surface area contributed by atoms with Crippen molar-refractivity contribution < 1.29 is 19.1 Å². The van der Waals surface area contributed by atoms with Gasteiger partial charge in [-0.1, -0.05) is 6.92 Å². The lowest BCUT2D eigenvalue weighted by Gasteiger charge is -2.39. The third kappa shape index (κ3) is 5.35. The van der Waals surface area contributed by atoms with Crippen LogP contribution >= 0.6 is 0 Å². The van der Waals surface area contributed by atoms with E-state index in [9.17, 15) is 10.1 Å². The van der Waals surface area contributed by atoms with Gasteiger partial charge in [-0.3, -0.25) is 10.1 Å². The second-order valence-corrected chi connectivity index (χ2v) is 8.06. The summed E-state index contributed by atoms with van der Waals surface area (Å²) in [5.41, 5.74) is 1.03. The molecule has 0 saturated carbocycles. The maximum Gasteiger partial charge on any atom is 0.311 e. The van der Waals surface area contributed by atoms with Gasteiger partial charge in [0.25, 0.3) is 0 Å². The Balaban J connectivity index is 1.77. The molecule has 0 aliphatic carbocycles. The summed E-state index contributed by atoms with van der Waals surface area (Å²) in [4.78, 5) is 17.8. The van der Waals surface area contributed by atoms with Gasteiger partial charge in [0.1, 0.15) is 17.3 Å². The molecule has 9 nitrogen and oxygen atoms in total. The van der Waals surface area contributed by atoms with Crippen LogP contribution in [0.25, 0.3) is 0 Å². The zero-order chi connectivity index (χ0) is 22.4. The van der Waals surface area contributed by atoms with E-state index in [1.54, 1.807) is 27.4 Å². The van der Waals surface area contributed by atoms with Crippen molar-refractivity contribution in [3.05, 3.63) is 46.0 Å². The SMILES string of the molecule is COCC1(C)CCN(c2nc(NCc3ccc(OC)cc3OC)ccc2[N+](=O)[O-])CC1. The molecule has 0 atom stereocenters. The maximum absolute atomic E-state index is 11.6. The fraction of sp³-hybridized carbons (Fsp3) is 0.500. The number of anilines is 2. The number of pyridine rings is 1. The van der Waals surface area contributed by atoms with Crippen molar-refractivity contribution in [3.8, 4) is 11.5 Å². The number of rotatable bonds is 9. The molecular formula is C22H30N4O5. The van der Waals surface area contributed by atoms with E-state index in [1.165, 1.54) is 6.07 Å². The summed E-state index contributed by atoms with van der Waals surface area (Å²) in [5, 5.41) is 14.9. The summed E-state index contributed by atoms with van der Waals surface area (Å²) in [5.74, 6) is 2.38. The zero-order valence-electron chi connectivity index (χ0n) is 18.5. The van der Waals surface area contributed by atoms with Crippen LogP contribution in [0.5, 0.6) is 11.5 Å². The topological polar surface area (TPSA) is 99.0 Å².